The zero-order chi connectivity index (χ0) is 15.1. The second-order valence-corrected chi connectivity index (χ2v) is 4.80. The molecule has 1 aromatic heterocycles. The van der Waals surface area contributed by atoms with Crippen molar-refractivity contribution in [1.82, 2.24) is 9.97 Å². The van der Waals surface area contributed by atoms with Gasteiger partial charge in [0.2, 0.25) is 0 Å². The third-order valence-electron chi connectivity index (χ3n) is 3.10. The van der Waals surface area contributed by atoms with E-state index in [4.69, 9.17) is 5.26 Å². The Labute approximate surface area is 125 Å². The summed E-state index contributed by atoms with van der Waals surface area (Å²) >= 11 is 0. The summed E-state index contributed by atoms with van der Waals surface area (Å²) in [6, 6.07) is 9.75. The molecule has 0 aliphatic heterocycles. The maximum atomic E-state index is 9.14. The Kier molecular flexibility index (Phi) is 5.10. The summed E-state index contributed by atoms with van der Waals surface area (Å²) in [5.41, 5.74) is 2.43. The fourth-order valence-corrected chi connectivity index (χ4v) is 2.01. The van der Waals surface area contributed by atoms with Crippen LogP contribution in [0.5, 0.6) is 0 Å². The van der Waals surface area contributed by atoms with Crippen molar-refractivity contribution in [2.24, 2.45) is 0 Å². The van der Waals surface area contributed by atoms with Crippen LogP contribution in [-0.4, -0.2) is 23.6 Å². The number of rotatable bonds is 6. The third-order valence-corrected chi connectivity index (χ3v) is 3.10. The van der Waals surface area contributed by atoms with E-state index < -0.39 is 0 Å². The molecule has 21 heavy (non-hydrogen) atoms. The normalized spacial score (nSPS) is 9.95. The van der Waals surface area contributed by atoms with Gasteiger partial charge >= 0.3 is 0 Å². The van der Waals surface area contributed by atoms with Crippen LogP contribution in [0.2, 0.25) is 0 Å². The average Bonchev–Trinajstić information content (AvgIpc) is 2.54. The van der Waals surface area contributed by atoms with Gasteiger partial charge in [-0.25, -0.2) is 4.98 Å². The number of hydrogen-bond acceptors (Lipinski definition) is 5. The van der Waals surface area contributed by atoms with Crippen molar-refractivity contribution in [2.75, 3.05) is 23.8 Å². The summed E-state index contributed by atoms with van der Waals surface area (Å²) in [6.45, 7) is 3.61. The number of nitrogens with zero attached hydrogens (tertiary/aromatic N) is 4. The summed E-state index contributed by atoms with van der Waals surface area (Å²) in [4.78, 5) is 10.7. The summed E-state index contributed by atoms with van der Waals surface area (Å²) in [7, 11) is 1.95. The standard InChI is InChI=1S/C16H19N5/c1-3-8-18-16-11-19-14(10-20-16)12-21(2)15-7-5-4-6-13(15)9-17/h4-7,10-11H,3,8,12H2,1-2H3,(H,18,20). The predicted molar refractivity (Wildman–Crippen MR) is 84.1 cm³/mol. The molecule has 0 spiro atoms. The van der Waals surface area contributed by atoms with Crippen LogP contribution in [0.15, 0.2) is 36.7 Å². The minimum absolute atomic E-state index is 0.611. The molecule has 1 aromatic carbocycles. The monoisotopic (exact) mass is 281 g/mol. The number of anilines is 2. The Balaban J connectivity index is 2.05. The number of hydrogen-bond donors (Lipinski definition) is 1. The number of aromatic nitrogens is 2. The topological polar surface area (TPSA) is 64.8 Å². The molecule has 1 N–H and O–H groups in total. The first-order valence-electron chi connectivity index (χ1n) is 6.99. The van der Waals surface area contributed by atoms with E-state index in [-0.39, 0.29) is 0 Å². The quantitative estimate of drug-likeness (QED) is 0.882. The molecule has 2 aromatic rings. The van der Waals surface area contributed by atoms with Gasteiger partial charge in [-0.3, -0.25) is 4.98 Å². The molecule has 0 saturated carbocycles. The minimum Gasteiger partial charge on any atom is -0.369 e. The number of para-hydroxylation sites is 1. The van der Waals surface area contributed by atoms with Crippen molar-refractivity contribution >= 4 is 11.5 Å². The Hall–Kier alpha value is -2.61. The van der Waals surface area contributed by atoms with Gasteiger partial charge in [0.15, 0.2) is 0 Å². The molecule has 0 amide bonds. The fourth-order valence-electron chi connectivity index (χ4n) is 2.01. The summed E-state index contributed by atoms with van der Waals surface area (Å²) in [5.74, 6) is 0.792. The van der Waals surface area contributed by atoms with Gasteiger partial charge in [0.1, 0.15) is 11.9 Å². The van der Waals surface area contributed by atoms with Crippen LogP contribution in [0.25, 0.3) is 0 Å². The summed E-state index contributed by atoms with van der Waals surface area (Å²) in [6.07, 6.45) is 4.57. The molecule has 0 saturated heterocycles. The van der Waals surface area contributed by atoms with Crippen LogP contribution in [0.1, 0.15) is 24.6 Å². The lowest BCUT2D eigenvalue weighted by atomic mass is 10.2. The molecule has 0 aliphatic carbocycles. The molecule has 0 radical (unpaired) electrons. The second kappa shape index (κ2) is 7.25. The summed E-state index contributed by atoms with van der Waals surface area (Å²) < 4.78 is 0. The molecule has 0 unspecified atom stereocenters. The van der Waals surface area contributed by atoms with E-state index in [1.807, 2.05) is 36.2 Å². The van der Waals surface area contributed by atoms with Crippen molar-refractivity contribution in [3.8, 4) is 6.07 Å². The maximum Gasteiger partial charge on any atom is 0.144 e. The Morgan fingerprint density at radius 3 is 2.71 bits per heavy atom. The average molecular weight is 281 g/mol. The van der Waals surface area contributed by atoms with Crippen molar-refractivity contribution in [3.63, 3.8) is 0 Å². The molecular weight excluding hydrogens is 262 g/mol. The lowest BCUT2D eigenvalue weighted by Gasteiger charge is -2.19. The van der Waals surface area contributed by atoms with Crippen molar-refractivity contribution in [2.45, 2.75) is 19.9 Å². The lowest BCUT2D eigenvalue weighted by molar-refractivity contribution is 0.869. The van der Waals surface area contributed by atoms with Crippen LogP contribution in [0, 0.1) is 11.3 Å². The Bertz CT molecular complexity index is 615. The largest absolute Gasteiger partial charge is 0.369 e. The van der Waals surface area contributed by atoms with Gasteiger partial charge in [-0.1, -0.05) is 19.1 Å². The molecule has 0 fully saturated rings. The molecular formula is C16H19N5. The first-order valence-corrected chi connectivity index (χ1v) is 6.99. The van der Waals surface area contributed by atoms with Gasteiger partial charge in [-0.05, 0) is 18.6 Å². The van der Waals surface area contributed by atoms with Crippen LogP contribution in [-0.2, 0) is 6.54 Å². The van der Waals surface area contributed by atoms with E-state index in [0.29, 0.717) is 12.1 Å². The Morgan fingerprint density at radius 1 is 1.24 bits per heavy atom. The lowest BCUT2D eigenvalue weighted by Crippen LogP contribution is -2.18. The highest BCUT2D eigenvalue weighted by atomic mass is 15.1. The maximum absolute atomic E-state index is 9.14. The number of nitrogens with one attached hydrogen (secondary N) is 1. The molecule has 5 heteroatoms. The van der Waals surface area contributed by atoms with Gasteiger partial charge < -0.3 is 10.2 Å². The number of benzene rings is 1. The van der Waals surface area contributed by atoms with E-state index in [1.54, 1.807) is 12.4 Å². The van der Waals surface area contributed by atoms with E-state index in [2.05, 4.69) is 28.3 Å². The predicted octanol–water partition coefficient (Wildman–Crippen LogP) is 2.81. The van der Waals surface area contributed by atoms with Gasteiger partial charge in [-0.2, -0.15) is 5.26 Å². The highest BCUT2D eigenvalue weighted by Gasteiger charge is 2.08. The highest BCUT2D eigenvalue weighted by Crippen LogP contribution is 2.19. The molecule has 108 valence electrons. The second-order valence-electron chi connectivity index (χ2n) is 4.80. The van der Waals surface area contributed by atoms with Gasteiger partial charge in [-0.15, -0.1) is 0 Å². The zero-order valence-corrected chi connectivity index (χ0v) is 12.4. The molecule has 0 aliphatic rings. The van der Waals surface area contributed by atoms with E-state index >= 15 is 0 Å². The highest BCUT2D eigenvalue weighted by molar-refractivity contribution is 5.58. The van der Waals surface area contributed by atoms with Gasteiger partial charge in [0, 0.05) is 13.6 Å². The van der Waals surface area contributed by atoms with Crippen LogP contribution in [0.4, 0.5) is 11.5 Å². The molecule has 2 rings (SSSR count). The van der Waals surface area contributed by atoms with Crippen LogP contribution >= 0.6 is 0 Å². The first-order chi connectivity index (χ1) is 10.2. The van der Waals surface area contributed by atoms with E-state index in [0.717, 1.165) is 30.2 Å². The summed E-state index contributed by atoms with van der Waals surface area (Å²) in [5, 5.41) is 12.3. The van der Waals surface area contributed by atoms with Crippen LogP contribution < -0.4 is 10.2 Å². The van der Waals surface area contributed by atoms with Crippen molar-refractivity contribution in [1.29, 1.82) is 5.26 Å². The number of nitriles is 1. The zero-order valence-electron chi connectivity index (χ0n) is 12.4. The fraction of sp³-hybridized carbons (Fsp3) is 0.312. The van der Waals surface area contributed by atoms with Crippen LogP contribution in [0.3, 0.4) is 0 Å². The van der Waals surface area contributed by atoms with E-state index in [1.165, 1.54) is 0 Å². The smallest absolute Gasteiger partial charge is 0.144 e. The molecule has 1 heterocycles. The molecule has 0 atom stereocenters. The van der Waals surface area contributed by atoms with Crippen molar-refractivity contribution < 1.29 is 0 Å². The van der Waals surface area contributed by atoms with Crippen molar-refractivity contribution in [3.05, 3.63) is 47.9 Å². The first kappa shape index (κ1) is 14.8. The Morgan fingerprint density at radius 2 is 2.05 bits per heavy atom. The van der Waals surface area contributed by atoms with Gasteiger partial charge in [0.05, 0.1) is 35.9 Å². The minimum atomic E-state index is 0.611. The third kappa shape index (κ3) is 3.93. The SMILES string of the molecule is CCCNc1cnc(CN(C)c2ccccc2C#N)cn1. The van der Waals surface area contributed by atoms with E-state index in [9.17, 15) is 0 Å². The van der Waals surface area contributed by atoms with Gasteiger partial charge in [0.25, 0.3) is 0 Å². The molecule has 0 bridgehead atoms. The molecule has 5 nitrogen and oxygen atoms in total.